The molecule has 1 aromatic heterocycles. The zero-order valence-corrected chi connectivity index (χ0v) is 18.8. The first kappa shape index (κ1) is 21.9. The summed E-state index contributed by atoms with van der Waals surface area (Å²) in [4.78, 5) is 34.7. The quantitative estimate of drug-likeness (QED) is 0.616. The summed E-state index contributed by atoms with van der Waals surface area (Å²) in [5, 5.41) is 3.09. The topological polar surface area (TPSA) is 87.3 Å². The first-order chi connectivity index (χ1) is 15.4. The normalized spacial score (nSPS) is 15.7. The molecule has 7 nitrogen and oxygen atoms in total. The number of piperidine rings is 1. The summed E-state index contributed by atoms with van der Waals surface area (Å²) in [5.41, 5.74) is 3.43. The number of nitrogens with one attached hydrogen (secondary N) is 2. The fourth-order valence-corrected chi connectivity index (χ4v) is 4.11. The molecule has 2 aromatic carbocycles. The molecule has 0 spiro atoms. The molecule has 0 radical (unpaired) electrons. The van der Waals surface area contributed by atoms with E-state index >= 15 is 0 Å². The van der Waals surface area contributed by atoms with Crippen LogP contribution in [-0.2, 0) is 4.79 Å². The molecule has 1 aliphatic rings. The molecule has 4 rings (SSSR count). The Balaban J connectivity index is 1.29. The average Bonchev–Trinajstić information content (AvgIpc) is 3.27. The molecule has 0 bridgehead atoms. The third-order valence-electron chi connectivity index (χ3n) is 6.01. The minimum atomic E-state index is -0.587. The number of amides is 2. The smallest absolute Gasteiger partial charge is 0.260 e. The lowest BCUT2D eigenvalue weighted by Gasteiger charge is -2.33. The minimum absolute atomic E-state index is 0.00766. The molecule has 2 amide bonds. The number of carbonyl (C=O) groups is 2. The molecule has 0 aliphatic carbocycles. The van der Waals surface area contributed by atoms with Gasteiger partial charge in [0.15, 0.2) is 6.10 Å². The van der Waals surface area contributed by atoms with E-state index in [1.807, 2.05) is 47.4 Å². The van der Waals surface area contributed by atoms with Crippen LogP contribution in [-0.4, -0.2) is 51.9 Å². The Morgan fingerprint density at radius 1 is 1.12 bits per heavy atom. The highest BCUT2D eigenvalue weighted by molar-refractivity contribution is 5.97. The molecule has 1 fully saturated rings. The van der Waals surface area contributed by atoms with Crippen LogP contribution in [0.3, 0.4) is 0 Å². The van der Waals surface area contributed by atoms with Gasteiger partial charge in [-0.05, 0) is 55.5 Å². The molecule has 1 aliphatic heterocycles. The van der Waals surface area contributed by atoms with Crippen molar-refractivity contribution in [2.75, 3.05) is 13.1 Å². The van der Waals surface area contributed by atoms with Crippen LogP contribution >= 0.6 is 0 Å². The molecular formula is C25H30N4O3. The fraction of sp³-hybridized carbons (Fsp3) is 0.400. The first-order valence-corrected chi connectivity index (χ1v) is 11.2. The number of fused-ring (bicyclic) bond motifs is 1. The van der Waals surface area contributed by atoms with Crippen LogP contribution in [0.4, 0.5) is 0 Å². The second-order valence-corrected chi connectivity index (χ2v) is 8.66. The average molecular weight is 435 g/mol. The molecule has 1 unspecified atom stereocenters. The number of rotatable bonds is 6. The van der Waals surface area contributed by atoms with Crippen LogP contribution < -0.4 is 10.1 Å². The zero-order valence-electron chi connectivity index (χ0n) is 18.8. The number of hydrogen-bond donors (Lipinski definition) is 2. The lowest BCUT2D eigenvalue weighted by atomic mass is 10.0. The Bertz CT molecular complexity index is 1100. The van der Waals surface area contributed by atoms with Crippen molar-refractivity contribution in [2.45, 2.75) is 51.7 Å². The molecule has 1 saturated heterocycles. The van der Waals surface area contributed by atoms with E-state index in [2.05, 4.69) is 29.1 Å². The first-order valence-electron chi connectivity index (χ1n) is 11.2. The number of benzene rings is 2. The summed E-state index contributed by atoms with van der Waals surface area (Å²) in [5.74, 6) is 0.948. The van der Waals surface area contributed by atoms with Crippen LogP contribution in [0.15, 0.2) is 48.8 Å². The van der Waals surface area contributed by atoms with Crippen LogP contribution in [0.2, 0.25) is 0 Å². The van der Waals surface area contributed by atoms with Gasteiger partial charge >= 0.3 is 0 Å². The summed E-state index contributed by atoms with van der Waals surface area (Å²) in [6.07, 6.45) is 2.48. The van der Waals surface area contributed by atoms with Gasteiger partial charge < -0.3 is 19.9 Å². The van der Waals surface area contributed by atoms with Crippen LogP contribution in [0, 0.1) is 0 Å². The summed E-state index contributed by atoms with van der Waals surface area (Å²) in [6.45, 7) is 7.20. The van der Waals surface area contributed by atoms with Crippen molar-refractivity contribution in [1.82, 2.24) is 20.2 Å². The number of imidazole rings is 1. The van der Waals surface area contributed by atoms with Crippen LogP contribution in [0.5, 0.6) is 5.75 Å². The Labute approximate surface area is 188 Å². The van der Waals surface area contributed by atoms with E-state index in [1.165, 1.54) is 0 Å². The summed E-state index contributed by atoms with van der Waals surface area (Å²) in [7, 11) is 0. The second-order valence-electron chi connectivity index (χ2n) is 8.66. The van der Waals surface area contributed by atoms with Crippen molar-refractivity contribution in [3.05, 3.63) is 59.9 Å². The van der Waals surface area contributed by atoms with Crippen LogP contribution in [0.1, 0.15) is 55.5 Å². The van der Waals surface area contributed by atoms with Gasteiger partial charge in [-0.25, -0.2) is 4.98 Å². The SMILES string of the molecule is CC(Oc1ccccc1C(C)C)C(=O)NC1CCN(C(=O)c2ccc3nc[nH]c3c2)CC1. The molecule has 168 valence electrons. The van der Waals surface area contributed by atoms with Crippen molar-refractivity contribution in [3.8, 4) is 5.75 Å². The highest BCUT2D eigenvalue weighted by atomic mass is 16.5. The molecule has 3 aromatic rings. The van der Waals surface area contributed by atoms with Crippen molar-refractivity contribution in [1.29, 1.82) is 0 Å². The van der Waals surface area contributed by atoms with E-state index in [1.54, 1.807) is 13.3 Å². The summed E-state index contributed by atoms with van der Waals surface area (Å²) < 4.78 is 5.97. The Hall–Kier alpha value is -3.35. The van der Waals surface area contributed by atoms with Gasteiger partial charge in [0.25, 0.3) is 11.8 Å². The molecule has 1 atom stereocenters. The van der Waals surface area contributed by atoms with Crippen LogP contribution in [0.25, 0.3) is 11.0 Å². The van der Waals surface area contributed by atoms with Crippen molar-refractivity contribution in [2.24, 2.45) is 0 Å². The van der Waals surface area contributed by atoms with Crippen molar-refractivity contribution < 1.29 is 14.3 Å². The number of aromatic amines is 1. The maximum Gasteiger partial charge on any atom is 0.260 e. The van der Waals surface area contributed by atoms with E-state index in [4.69, 9.17) is 4.74 Å². The number of hydrogen-bond acceptors (Lipinski definition) is 4. The monoisotopic (exact) mass is 434 g/mol. The number of likely N-dealkylation sites (tertiary alicyclic amines) is 1. The van der Waals surface area contributed by atoms with Crippen molar-refractivity contribution in [3.63, 3.8) is 0 Å². The Morgan fingerprint density at radius 3 is 2.62 bits per heavy atom. The molecule has 0 saturated carbocycles. The summed E-state index contributed by atoms with van der Waals surface area (Å²) in [6, 6.07) is 13.4. The van der Waals surface area contributed by atoms with Gasteiger partial charge in [0.1, 0.15) is 5.75 Å². The van der Waals surface area contributed by atoms with Crippen molar-refractivity contribution >= 4 is 22.8 Å². The molecular weight excluding hydrogens is 404 g/mol. The maximum atomic E-state index is 12.9. The van der Waals surface area contributed by atoms with Gasteiger partial charge in [-0.2, -0.15) is 0 Å². The highest BCUT2D eigenvalue weighted by Gasteiger charge is 2.27. The third-order valence-corrected chi connectivity index (χ3v) is 6.01. The van der Waals surface area contributed by atoms with E-state index < -0.39 is 6.10 Å². The van der Waals surface area contributed by atoms with Gasteiger partial charge in [0.05, 0.1) is 17.4 Å². The number of ether oxygens (including phenoxy) is 1. The standard InChI is InChI=1S/C25H30N4O3/c1-16(2)20-6-4-5-7-23(20)32-17(3)24(30)28-19-10-12-29(13-11-19)25(31)18-8-9-21-22(14-18)27-15-26-21/h4-9,14-17,19H,10-13H2,1-3H3,(H,26,27)(H,28,30). The number of nitrogens with zero attached hydrogens (tertiary/aromatic N) is 2. The molecule has 2 heterocycles. The largest absolute Gasteiger partial charge is 0.481 e. The Morgan fingerprint density at radius 2 is 1.88 bits per heavy atom. The summed E-state index contributed by atoms with van der Waals surface area (Å²) >= 11 is 0. The predicted octanol–water partition coefficient (Wildman–Crippen LogP) is 3.87. The molecule has 32 heavy (non-hydrogen) atoms. The minimum Gasteiger partial charge on any atom is -0.481 e. The molecule has 7 heteroatoms. The maximum absolute atomic E-state index is 12.9. The zero-order chi connectivity index (χ0) is 22.7. The van der Waals surface area contributed by atoms with Gasteiger partial charge in [-0.15, -0.1) is 0 Å². The Kier molecular flexibility index (Phi) is 6.44. The number of aromatic nitrogens is 2. The van der Waals surface area contributed by atoms with Gasteiger partial charge in [-0.3, -0.25) is 9.59 Å². The number of H-pyrrole nitrogens is 1. The molecule has 2 N–H and O–H groups in total. The van der Waals surface area contributed by atoms with Gasteiger partial charge in [0, 0.05) is 24.7 Å². The number of para-hydroxylation sites is 1. The second kappa shape index (κ2) is 9.42. The van der Waals surface area contributed by atoms with Gasteiger partial charge in [0.2, 0.25) is 0 Å². The van der Waals surface area contributed by atoms with E-state index in [0.29, 0.717) is 24.6 Å². The number of carbonyl (C=O) groups excluding carboxylic acids is 2. The highest BCUT2D eigenvalue weighted by Crippen LogP contribution is 2.27. The lowest BCUT2D eigenvalue weighted by molar-refractivity contribution is -0.128. The van der Waals surface area contributed by atoms with E-state index in [9.17, 15) is 9.59 Å². The van der Waals surface area contributed by atoms with E-state index in [0.717, 1.165) is 35.2 Å². The third kappa shape index (κ3) is 4.77. The van der Waals surface area contributed by atoms with E-state index in [-0.39, 0.29) is 17.9 Å². The predicted molar refractivity (Wildman–Crippen MR) is 124 cm³/mol. The van der Waals surface area contributed by atoms with Gasteiger partial charge in [-0.1, -0.05) is 32.0 Å². The fourth-order valence-electron chi connectivity index (χ4n) is 4.11. The lowest BCUT2D eigenvalue weighted by Crippen LogP contribution is -2.49.